The lowest BCUT2D eigenvalue weighted by Gasteiger charge is -2.31. The molecular weight excluding hydrogens is 372 g/mol. The molecule has 0 spiro atoms. The molecule has 0 aromatic heterocycles. The van der Waals surface area contributed by atoms with Crippen LogP contribution in [0.1, 0.15) is 36.2 Å². The first kappa shape index (κ1) is 19.9. The summed E-state index contributed by atoms with van der Waals surface area (Å²) < 4.78 is 0. The molecule has 152 valence electrons. The molecule has 1 heterocycles. The predicted octanol–water partition coefficient (Wildman–Crippen LogP) is 5.54. The molecule has 1 N–H and O–H groups in total. The molecule has 4 nitrogen and oxygen atoms in total. The number of benzene rings is 3. The first-order chi connectivity index (χ1) is 14.5. The van der Waals surface area contributed by atoms with Gasteiger partial charge >= 0.3 is 0 Å². The van der Waals surface area contributed by atoms with Gasteiger partial charge in [-0.2, -0.15) is 0 Å². The molecule has 0 atom stereocenters. The van der Waals surface area contributed by atoms with Crippen LogP contribution in [0.3, 0.4) is 0 Å². The monoisotopic (exact) mass is 398 g/mol. The number of carbonyl (C=O) groups excluding carboxylic acids is 2. The number of rotatable bonds is 4. The van der Waals surface area contributed by atoms with Crippen molar-refractivity contribution < 1.29 is 9.59 Å². The Morgan fingerprint density at radius 2 is 1.60 bits per heavy atom. The summed E-state index contributed by atoms with van der Waals surface area (Å²) in [7, 11) is 0. The Morgan fingerprint density at radius 1 is 0.900 bits per heavy atom. The highest BCUT2D eigenvalue weighted by Gasteiger charge is 2.24. The van der Waals surface area contributed by atoms with Crippen molar-refractivity contribution in [1.82, 2.24) is 0 Å². The van der Waals surface area contributed by atoms with Crippen LogP contribution in [-0.4, -0.2) is 18.4 Å². The van der Waals surface area contributed by atoms with E-state index in [1.807, 2.05) is 79.4 Å². The van der Waals surface area contributed by atoms with E-state index in [0.717, 1.165) is 47.5 Å². The molecule has 2 amide bonds. The maximum absolute atomic E-state index is 12.7. The number of anilines is 2. The van der Waals surface area contributed by atoms with Crippen LogP contribution in [0, 0.1) is 5.92 Å². The molecule has 0 aliphatic carbocycles. The zero-order chi connectivity index (χ0) is 21.1. The molecule has 30 heavy (non-hydrogen) atoms. The van der Waals surface area contributed by atoms with Crippen molar-refractivity contribution in [2.75, 3.05) is 16.8 Å². The largest absolute Gasteiger partial charge is 0.322 e. The smallest absolute Gasteiger partial charge is 0.255 e. The van der Waals surface area contributed by atoms with Gasteiger partial charge in [0.2, 0.25) is 5.91 Å². The zero-order valence-electron chi connectivity index (χ0n) is 17.4. The van der Waals surface area contributed by atoms with Gasteiger partial charge in [0.1, 0.15) is 0 Å². The molecule has 1 aliphatic heterocycles. The Hall–Kier alpha value is -3.40. The summed E-state index contributed by atoms with van der Waals surface area (Å²) in [5, 5.41) is 2.99. The number of hydrogen-bond acceptors (Lipinski definition) is 2. The molecular formula is C26H26N2O2. The van der Waals surface area contributed by atoms with Crippen LogP contribution in [0.15, 0.2) is 72.8 Å². The first-order valence-electron chi connectivity index (χ1n) is 10.4. The number of amides is 2. The standard InChI is InChI=1S/C26H26N2O2/c1-18(2)26(30)28-16-6-9-22-17-23(14-15-24(22)28)27-25(29)21-12-10-20(11-13-21)19-7-4-3-5-8-19/h3-5,7-8,10-15,17-18H,6,9,16H2,1-2H3,(H,27,29). The highest BCUT2D eigenvalue weighted by atomic mass is 16.2. The zero-order valence-corrected chi connectivity index (χ0v) is 17.4. The second kappa shape index (κ2) is 8.54. The van der Waals surface area contributed by atoms with Gasteiger partial charge in [0, 0.05) is 29.4 Å². The Balaban J connectivity index is 1.49. The summed E-state index contributed by atoms with van der Waals surface area (Å²) in [4.78, 5) is 27.1. The van der Waals surface area contributed by atoms with E-state index in [1.54, 1.807) is 0 Å². The number of nitrogens with zero attached hydrogens (tertiary/aromatic N) is 1. The van der Waals surface area contributed by atoms with Crippen LogP contribution in [-0.2, 0) is 11.2 Å². The lowest BCUT2D eigenvalue weighted by molar-refractivity contribution is -0.121. The minimum absolute atomic E-state index is 0.0332. The van der Waals surface area contributed by atoms with E-state index in [9.17, 15) is 9.59 Å². The van der Waals surface area contributed by atoms with Gasteiger partial charge in [-0.3, -0.25) is 9.59 Å². The molecule has 0 saturated heterocycles. The summed E-state index contributed by atoms with van der Waals surface area (Å²) in [5.41, 5.74) is 5.64. The summed E-state index contributed by atoms with van der Waals surface area (Å²) in [6.07, 6.45) is 1.84. The molecule has 0 unspecified atom stereocenters. The van der Waals surface area contributed by atoms with Crippen molar-refractivity contribution in [1.29, 1.82) is 0 Å². The normalized spacial score (nSPS) is 13.1. The summed E-state index contributed by atoms with van der Waals surface area (Å²) in [6, 6.07) is 23.5. The number of carbonyl (C=O) groups is 2. The summed E-state index contributed by atoms with van der Waals surface area (Å²) in [5.74, 6) is -0.0269. The Morgan fingerprint density at radius 3 is 2.30 bits per heavy atom. The van der Waals surface area contributed by atoms with Crippen molar-refractivity contribution in [2.24, 2.45) is 5.92 Å². The van der Waals surface area contributed by atoms with E-state index in [-0.39, 0.29) is 17.7 Å². The third-order valence-corrected chi connectivity index (χ3v) is 5.47. The molecule has 0 saturated carbocycles. The maximum atomic E-state index is 12.7. The van der Waals surface area contributed by atoms with Crippen molar-refractivity contribution in [3.8, 4) is 11.1 Å². The Labute approximate surface area is 177 Å². The highest BCUT2D eigenvalue weighted by molar-refractivity contribution is 6.05. The van der Waals surface area contributed by atoms with Crippen molar-refractivity contribution >= 4 is 23.2 Å². The summed E-state index contributed by atoms with van der Waals surface area (Å²) in [6.45, 7) is 4.60. The van der Waals surface area contributed by atoms with E-state index in [1.165, 1.54) is 0 Å². The van der Waals surface area contributed by atoms with Gasteiger partial charge < -0.3 is 10.2 Å². The number of fused-ring (bicyclic) bond motifs is 1. The van der Waals surface area contributed by atoms with Crippen LogP contribution in [0.2, 0.25) is 0 Å². The highest BCUT2D eigenvalue weighted by Crippen LogP contribution is 2.31. The van der Waals surface area contributed by atoms with Crippen LogP contribution in [0.25, 0.3) is 11.1 Å². The first-order valence-corrected chi connectivity index (χ1v) is 10.4. The quantitative estimate of drug-likeness (QED) is 0.627. The van der Waals surface area contributed by atoms with E-state index < -0.39 is 0 Å². The molecule has 0 fully saturated rings. The van der Waals surface area contributed by atoms with E-state index in [4.69, 9.17) is 0 Å². The lowest BCUT2D eigenvalue weighted by atomic mass is 9.99. The lowest BCUT2D eigenvalue weighted by Crippen LogP contribution is -2.38. The number of aryl methyl sites for hydroxylation is 1. The van der Waals surface area contributed by atoms with E-state index in [0.29, 0.717) is 5.56 Å². The fraction of sp³-hybridized carbons (Fsp3) is 0.231. The average molecular weight is 399 g/mol. The van der Waals surface area contributed by atoms with Gasteiger partial charge in [0.15, 0.2) is 0 Å². The topological polar surface area (TPSA) is 49.4 Å². The third-order valence-electron chi connectivity index (χ3n) is 5.47. The second-order valence-electron chi connectivity index (χ2n) is 7.99. The fourth-order valence-corrected chi connectivity index (χ4v) is 3.86. The molecule has 4 heteroatoms. The van der Waals surface area contributed by atoms with Gasteiger partial charge in [0.25, 0.3) is 5.91 Å². The molecule has 3 aromatic rings. The predicted molar refractivity (Wildman–Crippen MR) is 122 cm³/mol. The van der Waals surface area contributed by atoms with Gasteiger partial charge in [-0.25, -0.2) is 0 Å². The molecule has 4 rings (SSSR count). The van der Waals surface area contributed by atoms with Crippen LogP contribution in [0.4, 0.5) is 11.4 Å². The Bertz CT molecular complexity index is 1060. The van der Waals surface area contributed by atoms with Gasteiger partial charge in [-0.15, -0.1) is 0 Å². The minimum Gasteiger partial charge on any atom is -0.322 e. The fourth-order valence-electron chi connectivity index (χ4n) is 3.86. The molecule has 0 bridgehead atoms. The minimum atomic E-state index is -0.138. The van der Waals surface area contributed by atoms with Crippen LogP contribution in [0.5, 0.6) is 0 Å². The van der Waals surface area contributed by atoms with Crippen molar-refractivity contribution in [2.45, 2.75) is 26.7 Å². The third kappa shape index (κ3) is 4.13. The van der Waals surface area contributed by atoms with Crippen LogP contribution < -0.4 is 10.2 Å². The van der Waals surface area contributed by atoms with Gasteiger partial charge in [0.05, 0.1) is 0 Å². The van der Waals surface area contributed by atoms with E-state index in [2.05, 4.69) is 17.4 Å². The summed E-state index contributed by atoms with van der Waals surface area (Å²) >= 11 is 0. The average Bonchev–Trinajstić information content (AvgIpc) is 2.78. The molecule has 0 radical (unpaired) electrons. The number of nitrogens with one attached hydrogen (secondary N) is 1. The van der Waals surface area contributed by atoms with Crippen LogP contribution >= 0.6 is 0 Å². The Kier molecular flexibility index (Phi) is 5.66. The second-order valence-corrected chi connectivity index (χ2v) is 7.99. The SMILES string of the molecule is CC(C)C(=O)N1CCCc2cc(NC(=O)c3ccc(-c4ccccc4)cc3)ccc21. The maximum Gasteiger partial charge on any atom is 0.255 e. The van der Waals surface area contributed by atoms with Gasteiger partial charge in [-0.1, -0.05) is 56.3 Å². The molecule has 3 aromatic carbocycles. The van der Waals surface area contributed by atoms with Crippen molar-refractivity contribution in [3.63, 3.8) is 0 Å². The van der Waals surface area contributed by atoms with E-state index >= 15 is 0 Å². The number of hydrogen-bond donors (Lipinski definition) is 1. The van der Waals surface area contributed by atoms with Gasteiger partial charge in [-0.05, 0) is 59.9 Å². The molecule has 1 aliphatic rings. The van der Waals surface area contributed by atoms with Crippen molar-refractivity contribution in [3.05, 3.63) is 83.9 Å².